The maximum atomic E-state index is 6.23. The summed E-state index contributed by atoms with van der Waals surface area (Å²) in [6.07, 6.45) is 3.05. The Bertz CT molecular complexity index is 499. The lowest BCUT2D eigenvalue weighted by Gasteiger charge is -2.44. The molecule has 0 saturated carbocycles. The molecule has 2 aliphatic rings. The van der Waals surface area contributed by atoms with E-state index in [1.807, 2.05) is 0 Å². The van der Waals surface area contributed by atoms with Crippen LogP contribution in [0.3, 0.4) is 0 Å². The number of fused-ring (bicyclic) bond motifs is 2. The van der Waals surface area contributed by atoms with Crippen LogP contribution in [0.1, 0.15) is 24.0 Å². The highest BCUT2D eigenvalue weighted by Crippen LogP contribution is 2.45. The summed E-state index contributed by atoms with van der Waals surface area (Å²) in [6.45, 7) is 2.95. The van der Waals surface area contributed by atoms with Gasteiger partial charge in [-0.1, -0.05) is 0 Å². The summed E-state index contributed by atoms with van der Waals surface area (Å²) in [7, 11) is 5.55. The van der Waals surface area contributed by atoms with Gasteiger partial charge in [0.2, 0.25) is 0 Å². The molecule has 3 rings (SSSR count). The first-order valence-corrected chi connectivity index (χ1v) is 7.26. The molecule has 1 aromatic carbocycles. The van der Waals surface area contributed by atoms with Crippen LogP contribution in [-0.2, 0) is 16.8 Å². The normalized spacial score (nSPS) is 20.5. The predicted molar refractivity (Wildman–Crippen MR) is 84.9 cm³/mol. The molecule has 1 aromatic rings. The van der Waals surface area contributed by atoms with Crippen LogP contribution in [0.15, 0.2) is 12.1 Å². The number of halogens is 1. The molecule has 0 bridgehead atoms. The van der Waals surface area contributed by atoms with Crippen molar-refractivity contribution in [3.05, 3.63) is 23.3 Å². The Morgan fingerprint density at radius 3 is 2.33 bits per heavy atom. The topological polar surface area (TPSA) is 30.9 Å². The quantitative estimate of drug-likeness (QED) is 0.840. The SMILES string of the molecule is COc1cc2c(cc1OC)C1(CCN(C)CC1)OCC2.Cl. The van der Waals surface area contributed by atoms with Crippen LogP contribution >= 0.6 is 12.4 Å². The molecular formula is C16H24ClNO3. The van der Waals surface area contributed by atoms with Gasteiger partial charge in [0, 0.05) is 13.1 Å². The number of methoxy groups -OCH3 is 2. The number of hydrogen-bond donors (Lipinski definition) is 0. The number of benzene rings is 1. The van der Waals surface area contributed by atoms with Gasteiger partial charge in [-0.25, -0.2) is 0 Å². The Labute approximate surface area is 132 Å². The molecule has 0 unspecified atom stereocenters. The lowest BCUT2D eigenvalue weighted by Crippen LogP contribution is -2.45. The van der Waals surface area contributed by atoms with Gasteiger partial charge >= 0.3 is 0 Å². The van der Waals surface area contributed by atoms with E-state index in [0.717, 1.165) is 50.5 Å². The summed E-state index contributed by atoms with van der Waals surface area (Å²) < 4.78 is 17.1. The van der Waals surface area contributed by atoms with E-state index in [2.05, 4.69) is 24.1 Å². The Kier molecular flexibility index (Phi) is 5.02. The van der Waals surface area contributed by atoms with Gasteiger partial charge in [0.05, 0.1) is 26.4 Å². The molecule has 2 heterocycles. The molecule has 1 saturated heterocycles. The molecular weight excluding hydrogens is 290 g/mol. The summed E-state index contributed by atoms with van der Waals surface area (Å²) in [5.41, 5.74) is 2.52. The second-order valence-corrected chi connectivity index (χ2v) is 5.76. The summed E-state index contributed by atoms with van der Waals surface area (Å²) in [4.78, 5) is 2.36. The minimum atomic E-state index is -0.125. The molecule has 0 amide bonds. The van der Waals surface area contributed by atoms with Gasteiger partial charge in [-0.3, -0.25) is 0 Å². The van der Waals surface area contributed by atoms with Crippen molar-refractivity contribution in [2.75, 3.05) is 41.0 Å². The Morgan fingerprint density at radius 2 is 1.71 bits per heavy atom. The fourth-order valence-corrected chi connectivity index (χ4v) is 3.38. The van der Waals surface area contributed by atoms with Crippen LogP contribution in [0.4, 0.5) is 0 Å². The summed E-state index contributed by atoms with van der Waals surface area (Å²) in [6, 6.07) is 4.25. The summed E-state index contributed by atoms with van der Waals surface area (Å²) in [5.74, 6) is 1.62. The fourth-order valence-electron chi connectivity index (χ4n) is 3.38. The zero-order chi connectivity index (χ0) is 14.2. The van der Waals surface area contributed by atoms with E-state index in [1.165, 1.54) is 11.1 Å². The van der Waals surface area contributed by atoms with Crippen LogP contribution < -0.4 is 9.47 Å². The molecule has 1 spiro atoms. The summed E-state index contributed by atoms with van der Waals surface area (Å²) >= 11 is 0. The van der Waals surface area contributed by atoms with E-state index in [9.17, 15) is 0 Å². The molecule has 5 heteroatoms. The smallest absolute Gasteiger partial charge is 0.161 e. The fraction of sp³-hybridized carbons (Fsp3) is 0.625. The highest BCUT2D eigenvalue weighted by Gasteiger charge is 2.40. The minimum absolute atomic E-state index is 0. The lowest BCUT2D eigenvalue weighted by molar-refractivity contribution is -0.0952. The average molecular weight is 314 g/mol. The van der Waals surface area contributed by atoms with Crippen molar-refractivity contribution < 1.29 is 14.2 Å². The number of nitrogens with zero attached hydrogens (tertiary/aromatic N) is 1. The van der Waals surface area contributed by atoms with Gasteiger partial charge < -0.3 is 19.1 Å². The molecule has 118 valence electrons. The maximum absolute atomic E-state index is 6.23. The molecule has 2 aliphatic heterocycles. The highest BCUT2D eigenvalue weighted by atomic mass is 35.5. The van der Waals surface area contributed by atoms with Crippen molar-refractivity contribution >= 4 is 12.4 Å². The van der Waals surface area contributed by atoms with Gasteiger partial charge in [0.15, 0.2) is 11.5 Å². The molecule has 0 aromatic heterocycles. The molecule has 0 N–H and O–H groups in total. The lowest BCUT2D eigenvalue weighted by atomic mass is 9.79. The van der Waals surface area contributed by atoms with E-state index in [4.69, 9.17) is 14.2 Å². The van der Waals surface area contributed by atoms with Crippen LogP contribution in [0.5, 0.6) is 11.5 Å². The van der Waals surface area contributed by atoms with E-state index in [-0.39, 0.29) is 18.0 Å². The molecule has 21 heavy (non-hydrogen) atoms. The number of rotatable bonds is 2. The third-order valence-electron chi connectivity index (χ3n) is 4.64. The van der Waals surface area contributed by atoms with Crippen molar-refractivity contribution in [1.82, 2.24) is 4.90 Å². The number of piperidine rings is 1. The average Bonchev–Trinajstić information content (AvgIpc) is 2.49. The highest BCUT2D eigenvalue weighted by molar-refractivity contribution is 5.85. The van der Waals surface area contributed by atoms with Gasteiger partial charge in [-0.05, 0) is 49.6 Å². The first-order valence-electron chi connectivity index (χ1n) is 7.26. The zero-order valence-corrected chi connectivity index (χ0v) is 13.8. The van der Waals surface area contributed by atoms with Gasteiger partial charge in [0.25, 0.3) is 0 Å². The van der Waals surface area contributed by atoms with E-state index in [0.29, 0.717) is 0 Å². The summed E-state index contributed by atoms with van der Waals surface area (Å²) in [5, 5.41) is 0. The van der Waals surface area contributed by atoms with Crippen molar-refractivity contribution in [2.24, 2.45) is 0 Å². The van der Waals surface area contributed by atoms with Crippen molar-refractivity contribution in [3.63, 3.8) is 0 Å². The number of ether oxygens (including phenoxy) is 3. The van der Waals surface area contributed by atoms with E-state index >= 15 is 0 Å². The van der Waals surface area contributed by atoms with Crippen molar-refractivity contribution in [3.8, 4) is 11.5 Å². The first-order chi connectivity index (χ1) is 9.68. The standard InChI is InChI=1S/C16H23NO3.ClH/c1-17-7-5-16(6-8-17)13-11-15(19-3)14(18-2)10-12(13)4-9-20-16;/h10-11H,4-9H2,1-3H3;1H. The molecule has 4 nitrogen and oxygen atoms in total. The second-order valence-electron chi connectivity index (χ2n) is 5.76. The van der Waals surface area contributed by atoms with Crippen LogP contribution in [0, 0.1) is 0 Å². The third kappa shape index (κ3) is 2.85. The van der Waals surface area contributed by atoms with Crippen LogP contribution in [0.25, 0.3) is 0 Å². The zero-order valence-electron chi connectivity index (χ0n) is 13.0. The Balaban J connectivity index is 0.00000161. The van der Waals surface area contributed by atoms with E-state index in [1.54, 1.807) is 14.2 Å². The van der Waals surface area contributed by atoms with Gasteiger partial charge in [0.1, 0.15) is 0 Å². The second kappa shape index (κ2) is 6.42. The molecule has 0 radical (unpaired) electrons. The van der Waals surface area contributed by atoms with E-state index < -0.39 is 0 Å². The van der Waals surface area contributed by atoms with Crippen molar-refractivity contribution in [1.29, 1.82) is 0 Å². The monoisotopic (exact) mass is 313 g/mol. The van der Waals surface area contributed by atoms with Crippen LogP contribution in [0.2, 0.25) is 0 Å². The van der Waals surface area contributed by atoms with Crippen LogP contribution in [-0.4, -0.2) is 45.9 Å². The molecule has 0 aliphatic carbocycles. The third-order valence-corrected chi connectivity index (χ3v) is 4.64. The molecule has 1 fully saturated rings. The number of hydrogen-bond acceptors (Lipinski definition) is 4. The minimum Gasteiger partial charge on any atom is -0.493 e. The Hall–Kier alpha value is -0.970. The Morgan fingerprint density at radius 1 is 1.10 bits per heavy atom. The van der Waals surface area contributed by atoms with Crippen molar-refractivity contribution in [2.45, 2.75) is 24.9 Å². The largest absolute Gasteiger partial charge is 0.493 e. The van der Waals surface area contributed by atoms with Gasteiger partial charge in [-0.15, -0.1) is 12.4 Å². The predicted octanol–water partition coefficient (Wildman–Crippen LogP) is 2.62. The first kappa shape index (κ1) is 16.4. The van der Waals surface area contributed by atoms with Gasteiger partial charge in [-0.2, -0.15) is 0 Å². The number of likely N-dealkylation sites (tertiary alicyclic amines) is 1. The molecule has 0 atom stereocenters. The maximum Gasteiger partial charge on any atom is 0.161 e.